The maximum absolute atomic E-state index is 9.28. The maximum Gasteiger partial charge on any atom is 0.166 e. The van der Waals surface area contributed by atoms with Crippen molar-refractivity contribution in [3.8, 4) is 6.07 Å². The van der Waals surface area contributed by atoms with Crippen LogP contribution in [-0.2, 0) is 13.0 Å². The highest BCUT2D eigenvalue weighted by molar-refractivity contribution is 5.55. The Bertz CT molecular complexity index is 698. The first-order valence-electron chi connectivity index (χ1n) is 7.03. The van der Waals surface area contributed by atoms with Gasteiger partial charge in [-0.15, -0.1) is 15.3 Å². The van der Waals surface area contributed by atoms with Gasteiger partial charge in [-0.25, -0.2) is 0 Å². The Morgan fingerprint density at radius 3 is 3.05 bits per heavy atom. The molecule has 0 bridgehead atoms. The molecule has 3 rings (SSSR count). The lowest BCUT2D eigenvalue weighted by Gasteiger charge is -2.23. The lowest BCUT2D eigenvalue weighted by molar-refractivity contribution is 0.381. The van der Waals surface area contributed by atoms with Crippen LogP contribution in [0.25, 0.3) is 0 Å². The summed E-state index contributed by atoms with van der Waals surface area (Å²) < 4.78 is 2.09. The first-order chi connectivity index (χ1) is 10.2. The molecule has 1 atom stereocenters. The van der Waals surface area contributed by atoms with Gasteiger partial charge in [0.15, 0.2) is 5.82 Å². The Balaban J connectivity index is 1.69. The van der Waals surface area contributed by atoms with E-state index in [1.165, 1.54) is 0 Å². The zero-order chi connectivity index (χ0) is 14.8. The molecule has 108 valence electrons. The number of anilines is 1. The van der Waals surface area contributed by atoms with Gasteiger partial charge in [-0.1, -0.05) is 0 Å². The van der Waals surface area contributed by atoms with Crippen molar-refractivity contribution in [3.63, 3.8) is 0 Å². The Morgan fingerprint density at radius 1 is 1.38 bits per heavy atom. The van der Waals surface area contributed by atoms with Crippen LogP contribution in [-0.4, -0.2) is 31.5 Å². The Kier molecular flexibility index (Phi) is 3.52. The summed E-state index contributed by atoms with van der Waals surface area (Å²) in [6.07, 6.45) is 3.78. The van der Waals surface area contributed by atoms with Crippen molar-refractivity contribution in [1.29, 1.82) is 5.26 Å². The number of hydrogen-bond donors (Lipinski definition) is 1. The molecular formula is C14H17N7. The monoisotopic (exact) mass is 283 g/mol. The number of hydrogen-bond acceptors (Lipinski definition) is 6. The molecule has 0 aliphatic carbocycles. The van der Waals surface area contributed by atoms with E-state index in [1.54, 1.807) is 6.33 Å². The summed E-state index contributed by atoms with van der Waals surface area (Å²) in [7, 11) is 0. The maximum atomic E-state index is 9.28. The van der Waals surface area contributed by atoms with E-state index >= 15 is 0 Å². The molecule has 2 aromatic heterocycles. The SMILES string of the molecule is Cc1nnc(NCC2CCc3nncn3C2)c(C#N)c1C. The van der Waals surface area contributed by atoms with E-state index in [0.717, 1.165) is 43.0 Å². The van der Waals surface area contributed by atoms with Crippen molar-refractivity contribution in [2.75, 3.05) is 11.9 Å². The molecule has 0 spiro atoms. The summed E-state index contributed by atoms with van der Waals surface area (Å²) in [6.45, 7) is 5.43. The number of aromatic nitrogens is 5. The molecule has 7 nitrogen and oxygen atoms in total. The average molecular weight is 283 g/mol. The fraction of sp³-hybridized carbons (Fsp3) is 0.500. The predicted octanol–water partition coefficient (Wildman–Crippen LogP) is 1.23. The van der Waals surface area contributed by atoms with E-state index < -0.39 is 0 Å². The molecule has 0 saturated carbocycles. The Hall–Kier alpha value is -2.49. The second-order valence-corrected chi connectivity index (χ2v) is 5.43. The van der Waals surface area contributed by atoms with E-state index in [-0.39, 0.29) is 0 Å². The van der Waals surface area contributed by atoms with Gasteiger partial charge in [0, 0.05) is 19.5 Å². The van der Waals surface area contributed by atoms with E-state index in [0.29, 0.717) is 17.3 Å². The zero-order valence-corrected chi connectivity index (χ0v) is 12.2. The third kappa shape index (κ3) is 2.57. The fourth-order valence-corrected chi connectivity index (χ4v) is 2.60. The molecule has 2 aromatic rings. The summed E-state index contributed by atoms with van der Waals surface area (Å²) in [6, 6.07) is 2.21. The normalized spacial score (nSPS) is 17.1. The predicted molar refractivity (Wildman–Crippen MR) is 76.5 cm³/mol. The summed E-state index contributed by atoms with van der Waals surface area (Å²) >= 11 is 0. The molecule has 0 aromatic carbocycles. The first kappa shape index (κ1) is 13.5. The zero-order valence-electron chi connectivity index (χ0n) is 12.2. The van der Waals surface area contributed by atoms with E-state index in [1.807, 2.05) is 13.8 Å². The summed E-state index contributed by atoms with van der Waals surface area (Å²) in [5.41, 5.74) is 2.27. The smallest absolute Gasteiger partial charge is 0.166 e. The van der Waals surface area contributed by atoms with Crippen LogP contribution in [0.2, 0.25) is 0 Å². The van der Waals surface area contributed by atoms with Crippen LogP contribution in [0.3, 0.4) is 0 Å². The Labute approximate surface area is 123 Å². The minimum absolute atomic E-state index is 0.475. The van der Waals surface area contributed by atoms with Crippen LogP contribution in [0.1, 0.15) is 29.1 Å². The van der Waals surface area contributed by atoms with Gasteiger partial charge in [-0.05, 0) is 31.7 Å². The van der Waals surface area contributed by atoms with Crippen molar-refractivity contribution >= 4 is 5.82 Å². The highest BCUT2D eigenvalue weighted by Crippen LogP contribution is 2.21. The molecule has 0 radical (unpaired) electrons. The lowest BCUT2D eigenvalue weighted by Crippen LogP contribution is -2.26. The van der Waals surface area contributed by atoms with Crippen LogP contribution in [0.4, 0.5) is 5.82 Å². The van der Waals surface area contributed by atoms with Gasteiger partial charge in [0.25, 0.3) is 0 Å². The molecular weight excluding hydrogens is 266 g/mol. The lowest BCUT2D eigenvalue weighted by atomic mass is 9.99. The van der Waals surface area contributed by atoms with Gasteiger partial charge in [-0.2, -0.15) is 10.4 Å². The number of aryl methyl sites for hydroxylation is 2. The molecule has 1 unspecified atom stereocenters. The van der Waals surface area contributed by atoms with Crippen LogP contribution in [0.15, 0.2) is 6.33 Å². The topological polar surface area (TPSA) is 92.3 Å². The van der Waals surface area contributed by atoms with Gasteiger partial charge in [0.05, 0.1) is 5.69 Å². The van der Waals surface area contributed by atoms with E-state index in [2.05, 4.69) is 36.3 Å². The molecule has 0 amide bonds. The molecule has 0 fully saturated rings. The summed E-state index contributed by atoms with van der Waals surface area (Å²) in [4.78, 5) is 0. The highest BCUT2D eigenvalue weighted by Gasteiger charge is 2.20. The summed E-state index contributed by atoms with van der Waals surface area (Å²) in [5, 5.41) is 28.8. The van der Waals surface area contributed by atoms with Gasteiger partial charge in [0.1, 0.15) is 23.8 Å². The quantitative estimate of drug-likeness (QED) is 0.910. The van der Waals surface area contributed by atoms with Crippen LogP contribution < -0.4 is 5.32 Å². The minimum atomic E-state index is 0.475. The summed E-state index contributed by atoms with van der Waals surface area (Å²) in [5.74, 6) is 2.11. The third-order valence-electron chi connectivity index (χ3n) is 4.05. The average Bonchev–Trinajstić information content (AvgIpc) is 2.96. The van der Waals surface area contributed by atoms with Crippen molar-refractivity contribution in [2.45, 2.75) is 33.2 Å². The number of rotatable bonds is 3. The molecule has 3 heterocycles. The van der Waals surface area contributed by atoms with Crippen LogP contribution in [0.5, 0.6) is 0 Å². The van der Waals surface area contributed by atoms with Gasteiger partial charge >= 0.3 is 0 Å². The van der Waals surface area contributed by atoms with E-state index in [9.17, 15) is 5.26 Å². The highest BCUT2D eigenvalue weighted by atomic mass is 15.3. The van der Waals surface area contributed by atoms with E-state index in [4.69, 9.17) is 0 Å². The molecule has 7 heteroatoms. The Morgan fingerprint density at radius 2 is 2.24 bits per heavy atom. The second kappa shape index (κ2) is 5.48. The first-order valence-corrected chi connectivity index (χ1v) is 7.03. The minimum Gasteiger partial charge on any atom is -0.367 e. The standard InChI is InChI=1S/C14H17N7/c1-9-10(2)18-20-14(12(9)5-15)16-6-11-3-4-13-19-17-8-21(13)7-11/h8,11H,3-4,6-7H2,1-2H3,(H,16,20). The molecule has 21 heavy (non-hydrogen) atoms. The van der Waals surface area contributed by atoms with Crippen molar-refractivity contribution in [3.05, 3.63) is 29.0 Å². The van der Waals surface area contributed by atoms with Crippen molar-refractivity contribution < 1.29 is 0 Å². The molecule has 1 aliphatic rings. The van der Waals surface area contributed by atoms with Crippen LogP contribution in [0, 0.1) is 31.1 Å². The van der Waals surface area contributed by atoms with Gasteiger partial charge in [0.2, 0.25) is 0 Å². The largest absolute Gasteiger partial charge is 0.367 e. The van der Waals surface area contributed by atoms with Gasteiger partial charge < -0.3 is 9.88 Å². The number of nitrogens with zero attached hydrogens (tertiary/aromatic N) is 6. The number of nitrogens with one attached hydrogen (secondary N) is 1. The fourth-order valence-electron chi connectivity index (χ4n) is 2.60. The molecule has 1 N–H and O–H groups in total. The molecule has 0 saturated heterocycles. The number of fused-ring (bicyclic) bond motifs is 1. The van der Waals surface area contributed by atoms with Crippen molar-refractivity contribution in [1.82, 2.24) is 25.0 Å². The molecule has 1 aliphatic heterocycles. The second-order valence-electron chi connectivity index (χ2n) is 5.43. The number of nitriles is 1. The van der Waals surface area contributed by atoms with Crippen molar-refractivity contribution in [2.24, 2.45) is 5.92 Å². The van der Waals surface area contributed by atoms with Crippen LogP contribution >= 0.6 is 0 Å². The van der Waals surface area contributed by atoms with Gasteiger partial charge in [-0.3, -0.25) is 0 Å². The third-order valence-corrected chi connectivity index (χ3v) is 4.05.